The van der Waals surface area contributed by atoms with Gasteiger partial charge in [-0.15, -0.1) is 0 Å². The molecule has 3 aromatic carbocycles. The number of carbonyl (C=O) groups is 2. The van der Waals surface area contributed by atoms with Crippen LogP contribution in [-0.4, -0.2) is 66.3 Å². The fourth-order valence-corrected chi connectivity index (χ4v) is 10.1. The van der Waals surface area contributed by atoms with E-state index in [1.165, 1.54) is 0 Å². The molecule has 0 spiro atoms. The summed E-state index contributed by atoms with van der Waals surface area (Å²) >= 11 is 0. The van der Waals surface area contributed by atoms with Gasteiger partial charge in [0, 0.05) is 17.8 Å². The molecule has 0 bridgehead atoms. The molecule has 2 amide bonds. The quantitative estimate of drug-likeness (QED) is 0.300. The molecule has 9 heteroatoms. The number of ether oxygens (including phenoxy) is 2. The summed E-state index contributed by atoms with van der Waals surface area (Å²) < 4.78 is 12.7. The van der Waals surface area contributed by atoms with Gasteiger partial charge in [-0.1, -0.05) is 43.3 Å². The maximum absolute atomic E-state index is 13.9. The molecular formula is C35H42N2O6Si. The lowest BCUT2D eigenvalue weighted by Crippen LogP contribution is -2.43. The zero-order chi connectivity index (χ0) is 31.0. The molecule has 2 saturated heterocycles. The molecule has 5 atom stereocenters. The lowest BCUT2D eigenvalue weighted by molar-refractivity contribution is -0.135. The van der Waals surface area contributed by atoms with Crippen molar-refractivity contribution in [2.24, 2.45) is 5.92 Å². The number of aliphatic hydroxyl groups excluding tert-OH is 1. The number of rotatable bonds is 8. The number of hydrogen-bond acceptors (Lipinski definition) is 6. The number of para-hydroxylation sites is 3. The molecule has 2 N–H and O–H groups in total. The average Bonchev–Trinajstić information content (AvgIpc) is 3.58. The Morgan fingerprint density at radius 3 is 2.52 bits per heavy atom. The van der Waals surface area contributed by atoms with Crippen molar-refractivity contribution in [1.29, 1.82) is 0 Å². The normalized spacial score (nSPS) is 24.9. The molecule has 0 radical (unpaired) electrons. The number of amides is 2. The Labute approximate surface area is 260 Å². The average molecular weight is 615 g/mol. The fourth-order valence-electron chi connectivity index (χ4n) is 7.48. The standard InChI is InChI=1S/C35H42N2O6Si/c1-23-29(42-32(34(23)44(2,3)41)21-33(39)36-19-9-12-26(36)22-38)18-17-24-10-8-11-25(20-24)37-28-14-5-7-16-31(28)43-30-15-6-4-13-27(30)35(37)40/h4-8,10-11,13-16,20,23,26,29,32,34,38,41H,9,12,17-19,21-22H2,1-3H3/t23-,26-,29+,32-,34+/m0/s1. The van der Waals surface area contributed by atoms with Gasteiger partial charge in [-0.05, 0) is 86.7 Å². The highest BCUT2D eigenvalue weighted by atomic mass is 28.4. The molecule has 3 aromatic rings. The Morgan fingerprint density at radius 2 is 1.75 bits per heavy atom. The molecule has 6 rings (SSSR count). The maximum Gasteiger partial charge on any atom is 0.266 e. The van der Waals surface area contributed by atoms with Gasteiger partial charge in [0.1, 0.15) is 5.75 Å². The summed E-state index contributed by atoms with van der Waals surface area (Å²) in [5.74, 6) is 1.10. The first-order valence-electron chi connectivity index (χ1n) is 15.7. The van der Waals surface area contributed by atoms with E-state index in [4.69, 9.17) is 9.47 Å². The number of fused-ring (bicyclic) bond motifs is 2. The van der Waals surface area contributed by atoms with E-state index in [0.29, 0.717) is 29.3 Å². The highest BCUT2D eigenvalue weighted by Gasteiger charge is 2.50. The van der Waals surface area contributed by atoms with E-state index in [2.05, 4.69) is 13.0 Å². The van der Waals surface area contributed by atoms with Crippen molar-refractivity contribution in [1.82, 2.24) is 4.90 Å². The zero-order valence-corrected chi connectivity index (χ0v) is 26.7. The molecular weight excluding hydrogens is 572 g/mol. The van der Waals surface area contributed by atoms with Crippen molar-refractivity contribution in [3.8, 4) is 11.5 Å². The number of carbonyl (C=O) groups excluding carboxylic acids is 2. The smallest absolute Gasteiger partial charge is 0.266 e. The van der Waals surface area contributed by atoms with Crippen molar-refractivity contribution in [2.75, 3.05) is 18.1 Å². The van der Waals surface area contributed by atoms with Crippen molar-refractivity contribution in [3.63, 3.8) is 0 Å². The number of nitrogens with zero attached hydrogens (tertiary/aromatic N) is 2. The molecule has 0 unspecified atom stereocenters. The Kier molecular flexibility index (Phi) is 8.65. The van der Waals surface area contributed by atoms with Gasteiger partial charge in [0.2, 0.25) is 5.91 Å². The van der Waals surface area contributed by atoms with Crippen LogP contribution >= 0.6 is 0 Å². The molecule has 0 aromatic heterocycles. The van der Waals surface area contributed by atoms with E-state index in [-0.39, 0.29) is 54.6 Å². The van der Waals surface area contributed by atoms with E-state index in [1.807, 2.05) is 73.8 Å². The second-order valence-electron chi connectivity index (χ2n) is 12.9. The first-order valence-corrected chi connectivity index (χ1v) is 18.8. The van der Waals surface area contributed by atoms with Crippen LogP contribution in [0.15, 0.2) is 72.8 Å². The van der Waals surface area contributed by atoms with Crippen LogP contribution in [0, 0.1) is 5.92 Å². The van der Waals surface area contributed by atoms with E-state index in [9.17, 15) is 19.5 Å². The van der Waals surface area contributed by atoms with Crippen LogP contribution in [0.4, 0.5) is 11.4 Å². The molecule has 3 aliphatic rings. The van der Waals surface area contributed by atoms with Crippen LogP contribution < -0.4 is 9.64 Å². The molecule has 0 saturated carbocycles. The monoisotopic (exact) mass is 614 g/mol. The van der Waals surface area contributed by atoms with E-state index in [0.717, 1.165) is 36.9 Å². The first-order chi connectivity index (χ1) is 21.2. The third-order valence-corrected chi connectivity index (χ3v) is 12.1. The Balaban J connectivity index is 1.20. The molecule has 232 valence electrons. The predicted molar refractivity (Wildman–Crippen MR) is 172 cm³/mol. The van der Waals surface area contributed by atoms with Gasteiger partial charge in [0.05, 0.1) is 42.5 Å². The minimum absolute atomic E-state index is 0.00306. The SMILES string of the molecule is C[C@@H]1[C@@H]([Si](C)(C)O)[C@H](CC(=O)N2CCC[C@H]2CO)O[C@@H]1CCc1cccc(N2C(=O)c3ccccc3Oc3ccccc32)c1. The highest BCUT2D eigenvalue weighted by molar-refractivity contribution is 6.71. The minimum atomic E-state index is -2.64. The molecule has 44 heavy (non-hydrogen) atoms. The lowest BCUT2D eigenvalue weighted by atomic mass is 9.95. The first kappa shape index (κ1) is 30.5. The Morgan fingerprint density at radius 1 is 1.00 bits per heavy atom. The highest BCUT2D eigenvalue weighted by Crippen LogP contribution is 2.46. The van der Waals surface area contributed by atoms with Crippen LogP contribution in [0.1, 0.15) is 48.5 Å². The summed E-state index contributed by atoms with van der Waals surface area (Å²) in [5, 5.41) is 9.73. The third-order valence-electron chi connectivity index (χ3n) is 9.54. The second-order valence-corrected chi connectivity index (χ2v) is 16.9. The minimum Gasteiger partial charge on any atom is -0.454 e. The molecule has 8 nitrogen and oxygen atoms in total. The van der Waals surface area contributed by atoms with Gasteiger partial charge in [0.25, 0.3) is 5.91 Å². The summed E-state index contributed by atoms with van der Waals surface area (Å²) in [4.78, 5) is 41.9. The fraction of sp³-hybridized carbons (Fsp3) is 0.429. The van der Waals surface area contributed by atoms with Gasteiger partial charge in [-0.3, -0.25) is 14.5 Å². The lowest BCUT2D eigenvalue weighted by Gasteiger charge is -2.31. The topological polar surface area (TPSA) is 99.5 Å². The Hall–Kier alpha value is -3.50. The molecule has 0 aliphatic carbocycles. The van der Waals surface area contributed by atoms with E-state index in [1.54, 1.807) is 15.9 Å². The van der Waals surface area contributed by atoms with Crippen LogP contribution in [0.5, 0.6) is 11.5 Å². The number of aryl methyl sites for hydroxylation is 1. The predicted octanol–water partition coefficient (Wildman–Crippen LogP) is 6.05. The van der Waals surface area contributed by atoms with Gasteiger partial charge in [0.15, 0.2) is 14.1 Å². The number of likely N-dealkylation sites (tertiary alicyclic amines) is 1. The van der Waals surface area contributed by atoms with Gasteiger partial charge >= 0.3 is 0 Å². The largest absolute Gasteiger partial charge is 0.454 e. The number of anilines is 2. The van der Waals surface area contributed by atoms with Crippen molar-refractivity contribution < 1.29 is 29.0 Å². The summed E-state index contributed by atoms with van der Waals surface area (Å²) in [6.45, 7) is 6.65. The second kappa shape index (κ2) is 12.5. The summed E-state index contributed by atoms with van der Waals surface area (Å²) in [6, 6.07) is 22.8. The van der Waals surface area contributed by atoms with Crippen LogP contribution in [-0.2, 0) is 16.0 Å². The molecule has 2 fully saturated rings. The third kappa shape index (κ3) is 5.94. The van der Waals surface area contributed by atoms with Crippen LogP contribution in [0.25, 0.3) is 0 Å². The summed E-state index contributed by atoms with van der Waals surface area (Å²) in [6.07, 6.45) is 2.96. The molecule has 3 aliphatic heterocycles. The number of hydrogen-bond donors (Lipinski definition) is 2. The van der Waals surface area contributed by atoms with Crippen molar-refractivity contribution in [3.05, 3.63) is 83.9 Å². The Bertz CT molecular complexity index is 1520. The van der Waals surface area contributed by atoms with Crippen molar-refractivity contribution in [2.45, 2.75) is 75.9 Å². The number of benzene rings is 3. The van der Waals surface area contributed by atoms with Gasteiger partial charge < -0.3 is 24.3 Å². The summed E-state index contributed by atoms with van der Waals surface area (Å²) in [5.41, 5.74) is 2.95. The van der Waals surface area contributed by atoms with Crippen molar-refractivity contribution >= 4 is 31.5 Å². The van der Waals surface area contributed by atoms with Crippen LogP contribution in [0.2, 0.25) is 18.6 Å². The summed E-state index contributed by atoms with van der Waals surface area (Å²) in [7, 11) is -2.64. The zero-order valence-electron chi connectivity index (χ0n) is 25.7. The van der Waals surface area contributed by atoms with E-state index < -0.39 is 8.32 Å². The maximum atomic E-state index is 13.9. The number of aliphatic hydroxyl groups is 1. The van der Waals surface area contributed by atoms with Gasteiger partial charge in [-0.2, -0.15) is 0 Å². The molecule has 3 heterocycles. The van der Waals surface area contributed by atoms with E-state index >= 15 is 0 Å². The van der Waals surface area contributed by atoms with Gasteiger partial charge in [-0.25, -0.2) is 0 Å². The van der Waals surface area contributed by atoms with Crippen LogP contribution in [0.3, 0.4) is 0 Å².